The van der Waals surface area contributed by atoms with Crippen molar-refractivity contribution in [1.29, 1.82) is 0 Å². The third kappa shape index (κ3) is 8.17. The zero-order valence-electron chi connectivity index (χ0n) is 21.3. The summed E-state index contributed by atoms with van der Waals surface area (Å²) in [6, 6.07) is 4.66. The van der Waals surface area contributed by atoms with E-state index in [4.69, 9.17) is 7.85 Å². The lowest BCUT2D eigenvalue weighted by molar-refractivity contribution is 0.645. The van der Waals surface area contributed by atoms with Gasteiger partial charge in [-0.2, -0.15) is 0 Å². The van der Waals surface area contributed by atoms with Crippen molar-refractivity contribution in [1.82, 2.24) is 0 Å². The van der Waals surface area contributed by atoms with Crippen molar-refractivity contribution >= 4 is 13.4 Å². The van der Waals surface area contributed by atoms with Gasteiger partial charge in [-0.1, -0.05) is 93.6 Å². The van der Waals surface area contributed by atoms with Crippen molar-refractivity contribution in [2.24, 2.45) is 5.92 Å². The molecular weight excluding hydrogens is 359 g/mol. The first-order chi connectivity index (χ1) is 14.1. The maximum atomic E-state index is 4.85. The Morgan fingerprint density at radius 3 is 2.13 bits per heavy atom. The summed E-state index contributed by atoms with van der Waals surface area (Å²) in [5.41, 5.74) is 11.1. The van der Waals surface area contributed by atoms with Crippen LogP contribution >= 0.6 is 0 Å². The highest BCUT2D eigenvalue weighted by Crippen LogP contribution is 2.46. The molecule has 0 nitrogen and oxygen atoms in total. The number of hydrogen-bond acceptors (Lipinski definition) is 0. The van der Waals surface area contributed by atoms with Crippen LogP contribution < -0.4 is 0 Å². The summed E-state index contributed by atoms with van der Waals surface area (Å²) in [6.45, 7) is 27.9. The molecule has 2 unspecified atom stereocenters. The van der Waals surface area contributed by atoms with Crippen LogP contribution in [0, 0.1) is 19.8 Å². The molecule has 1 aliphatic rings. The topological polar surface area (TPSA) is 0 Å². The molecule has 0 amide bonds. The molecule has 1 aromatic rings. The quantitative estimate of drug-likeness (QED) is 0.339. The smallest absolute Gasteiger partial charge is 0.0649 e. The van der Waals surface area contributed by atoms with E-state index in [1.54, 1.807) is 0 Å². The Kier molecular flexibility index (Phi) is 13.4. The SMILES string of the molecule is C=CC(CC=C(C)C)C1=C(C(=C)C)c2cc(C)cc(C)c2C(C)C1.CCC.[B]CC. The molecule has 30 heavy (non-hydrogen) atoms. The van der Waals surface area contributed by atoms with Gasteiger partial charge in [0, 0.05) is 5.92 Å². The summed E-state index contributed by atoms with van der Waals surface area (Å²) in [5.74, 6) is 0.941. The predicted molar refractivity (Wildman–Crippen MR) is 141 cm³/mol. The Balaban J connectivity index is 0.00000125. The normalized spacial score (nSPS) is 15.6. The van der Waals surface area contributed by atoms with Crippen LogP contribution in [-0.4, -0.2) is 7.85 Å². The van der Waals surface area contributed by atoms with E-state index in [0.717, 1.165) is 19.2 Å². The predicted octanol–water partition coefficient (Wildman–Crippen LogP) is 9.31. The van der Waals surface area contributed by atoms with Crippen LogP contribution in [0.1, 0.15) is 95.9 Å². The van der Waals surface area contributed by atoms with E-state index in [2.05, 4.69) is 92.8 Å². The molecule has 0 saturated heterocycles. The summed E-state index contributed by atoms with van der Waals surface area (Å²) in [5, 5.41) is 0. The number of hydrogen-bond donors (Lipinski definition) is 0. The molecule has 2 radical (unpaired) electrons. The first kappa shape index (κ1) is 28.2. The van der Waals surface area contributed by atoms with Gasteiger partial charge in [0.25, 0.3) is 0 Å². The van der Waals surface area contributed by atoms with Gasteiger partial charge in [0.1, 0.15) is 0 Å². The zero-order valence-corrected chi connectivity index (χ0v) is 21.3. The molecule has 2 rings (SSSR count). The van der Waals surface area contributed by atoms with Crippen LogP contribution in [0.25, 0.3) is 5.57 Å². The minimum Gasteiger partial charge on any atom is -0.102 e. The maximum absolute atomic E-state index is 4.85. The fourth-order valence-electron chi connectivity index (χ4n) is 4.13. The number of allylic oxidation sites excluding steroid dienone is 6. The van der Waals surface area contributed by atoms with Crippen LogP contribution in [0.3, 0.4) is 0 Å². The molecule has 0 aliphatic heterocycles. The molecule has 0 aromatic heterocycles. The van der Waals surface area contributed by atoms with E-state index in [0.29, 0.717) is 11.8 Å². The summed E-state index contributed by atoms with van der Waals surface area (Å²) < 4.78 is 0. The van der Waals surface area contributed by atoms with Crippen LogP contribution in [0.4, 0.5) is 0 Å². The second-order valence-corrected chi connectivity index (χ2v) is 8.80. The molecule has 2 atom stereocenters. The highest BCUT2D eigenvalue weighted by atomic mass is 14.3. The van der Waals surface area contributed by atoms with Crippen LogP contribution in [-0.2, 0) is 0 Å². The summed E-state index contributed by atoms with van der Waals surface area (Å²) in [6.07, 6.45) is 8.59. The van der Waals surface area contributed by atoms with Gasteiger partial charge in [-0.15, -0.1) is 6.58 Å². The average molecular weight is 404 g/mol. The molecule has 1 aromatic carbocycles. The van der Waals surface area contributed by atoms with Gasteiger partial charge >= 0.3 is 0 Å². The molecule has 1 heteroatoms. The van der Waals surface area contributed by atoms with Gasteiger partial charge in [0.15, 0.2) is 0 Å². The van der Waals surface area contributed by atoms with E-state index in [-0.39, 0.29) is 0 Å². The zero-order chi connectivity index (χ0) is 23.4. The molecule has 0 saturated carbocycles. The van der Waals surface area contributed by atoms with Gasteiger partial charge in [-0.25, -0.2) is 0 Å². The third-order valence-electron chi connectivity index (χ3n) is 5.08. The monoisotopic (exact) mass is 404 g/mol. The number of aryl methyl sites for hydroxylation is 2. The maximum Gasteiger partial charge on any atom is 0.0649 e. The van der Waals surface area contributed by atoms with E-state index in [1.165, 1.54) is 51.0 Å². The van der Waals surface area contributed by atoms with Crippen molar-refractivity contribution < 1.29 is 0 Å². The second-order valence-electron chi connectivity index (χ2n) is 8.80. The van der Waals surface area contributed by atoms with E-state index in [1.807, 2.05) is 6.92 Å². The van der Waals surface area contributed by atoms with Gasteiger partial charge < -0.3 is 0 Å². The van der Waals surface area contributed by atoms with E-state index < -0.39 is 0 Å². The highest BCUT2D eigenvalue weighted by molar-refractivity contribution is 6.08. The molecule has 0 fully saturated rings. The molecular formula is C29H45B. The first-order valence-electron chi connectivity index (χ1n) is 11.6. The van der Waals surface area contributed by atoms with Crippen molar-refractivity contribution in [3.63, 3.8) is 0 Å². The van der Waals surface area contributed by atoms with Gasteiger partial charge in [0.2, 0.25) is 0 Å². The van der Waals surface area contributed by atoms with E-state index >= 15 is 0 Å². The van der Waals surface area contributed by atoms with E-state index in [9.17, 15) is 0 Å². The summed E-state index contributed by atoms with van der Waals surface area (Å²) in [7, 11) is 4.85. The minimum atomic E-state index is 0.392. The fourth-order valence-corrected chi connectivity index (χ4v) is 4.13. The number of benzene rings is 1. The Morgan fingerprint density at radius 1 is 1.17 bits per heavy atom. The Bertz CT molecular complexity index is 755. The molecule has 1 aliphatic carbocycles. The second kappa shape index (κ2) is 14.3. The average Bonchev–Trinajstić information content (AvgIpc) is 2.62. The Labute approximate surface area is 189 Å². The first-order valence-corrected chi connectivity index (χ1v) is 11.6. The lowest BCUT2D eigenvalue weighted by atomic mass is 9.71. The number of fused-ring (bicyclic) bond motifs is 1. The van der Waals surface area contributed by atoms with Crippen molar-refractivity contribution in [3.8, 4) is 0 Å². The van der Waals surface area contributed by atoms with Gasteiger partial charge in [0.05, 0.1) is 7.85 Å². The number of rotatable bonds is 5. The van der Waals surface area contributed by atoms with Crippen LogP contribution in [0.2, 0.25) is 6.32 Å². The largest absolute Gasteiger partial charge is 0.102 e. The lowest BCUT2D eigenvalue weighted by Crippen LogP contribution is -2.16. The van der Waals surface area contributed by atoms with Crippen molar-refractivity contribution in [2.75, 3.05) is 0 Å². The molecule has 0 N–H and O–H groups in total. The van der Waals surface area contributed by atoms with Gasteiger partial charge in [-0.05, 0) is 75.6 Å². The summed E-state index contributed by atoms with van der Waals surface area (Å²) in [4.78, 5) is 0. The Hall–Kier alpha value is -1.76. The van der Waals surface area contributed by atoms with Crippen LogP contribution in [0.5, 0.6) is 0 Å². The van der Waals surface area contributed by atoms with Gasteiger partial charge in [-0.3, -0.25) is 0 Å². The lowest BCUT2D eigenvalue weighted by Gasteiger charge is -2.33. The fraction of sp³-hybridized carbons (Fsp3) is 0.517. The van der Waals surface area contributed by atoms with Crippen molar-refractivity contribution in [3.05, 3.63) is 76.4 Å². The minimum absolute atomic E-state index is 0.392. The third-order valence-corrected chi connectivity index (χ3v) is 5.08. The molecule has 0 spiro atoms. The van der Waals surface area contributed by atoms with Crippen LogP contribution in [0.15, 0.2) is 54.2 Å². The molecule has 164 valence electrons. The molecule has 0 heterocycles. The highest BCUT2D eigenvalue weighted by Gasteiger charge is 2.28. The Morgan fingerprint density at radius 2 is 1.70 bits per heavy atom. The molecule has 0 bridgehead atoms. The van der Waals surface area contributed by atoms with Crippen molar-refractivity contribution in [2.45, 2.75) is 93.8 Å². The standard InChI is InChI=1S/C24H32.C3H8.C2H5B/c1-9-20(11-10-15(2)3)21-14-19(8)24-18(7)12-17(6)13-22(24)23(21)16(4)5;1-3-2;1-2-3/h9-10,12-13,19-20H,1,4,11,14H2,2-3,5-8H3;3H2,1-2H3;2H2,1H3. The summed E-state index contributed by atoms with van der Waals surface area (Å²) >= 11 is 0.